The molecule has 0 saturated heterocycles. The van der Waals surface area contributed by atoms with Crippen molar-refractivity contribution in [3.05, 3.63) is 84.4 Å². The summed E-state index contributed by atoms with van der Waals surface area (Å²) in [5, 5.41) is 0. The van der Waals surface area contributed by atoms with Crippen LogP contribution >= 0.6 is 0 Å². The highest BCUT2D eigenvalue weighted by atomic mass is 19.1. The molecule has 22 heavy (non-hydrogen) atoms. The molecule has 0 saturated carbocycles. The number of hydrogen-bond donors (Lipinski definition) is 1. The van der Waals surface area contributed by atoms with Gasteiger partial charge in [0.25, 0.3) is 0 Å². The molecule has 1 aromatic heterocycles. The van der Waals surface area contributed by atoms with E-state index in [0.29, 0.717) is 5.69 Å². The van der Waals surface area contributed by atoms with Crippen LogP contribution in [0.4, 0.5) is 10.1 Å². The molecule has 0 aliphatic carbocycles. The lowest BCUT2D eigenvalue weighted by Gasteiger charge is -2.01. The average molecular weight is 294 g/mol. The Balaban J connectivity index is 0.000000188. The van der Waals surface area contributed by atoms with Crippen molar-refractivity contribution in [3.8, 4) is 11.1 Å². The second-order valence-corrected chi connectivity index (χ2v) is 4.81. The highest BCUT2D eigenvalue weighted by Crippen LogP contribution is 2.17. The summed E-state index contributed by atoms with van der Waals surface area (Å²) in [6.45, 7) is 2.12. The molecule has 0 aliphatic rings. The van der Waals surface area contributed by atoms with Crippen molar-refractivity contribution in [2.45, 2.75) is 13.3 Å². The number of anilines is 1. The van der Waals surface area contributed by atoms with Gasteiger partial charge in [-0.1, -0.05) is 49.4 Å². The summed E-state index contributed by atoms with van der Waals surface area (Å²) < 4.78 is 12.1. The summed E-state index contributed by atoms with van der Waals surface area (Å²) in [6.07, 6.45) is 2.93. The van der Waals surface area contributed by atoms with E-state index in [1.165, 1.54) is 23.3 Å². The standard InChI is InChI=1S/C13H13N.C6H6FN/c1-2-13-9-8-12(10-14-13)11-6-4-3-5-7-11;7-5-2-1-3-6(8)4-5/h3-10H,2H2,1H3;1-4H,8H2. The van der Waals surface area contributed by atoms with Crippen LogP contribution in [-0.2, 0) is 6.42 Å². The second-order valence-electron chi connectivity index (χ2n) is 4.81. The monoisotopic (exact) mass is 294 g/mol. The number of aromatic nitrogens is 1. The summed E-state index contributed by atoms with van der Waals surface area (Å²) in [5.41, 5.74) is 9.23. The molecule has 0 unspecified atom stereocenters. The summed E-state index contributed by atoms with van der Waals surface area (Å²) in [4.78, 5) is 4.37. The molecule has 2 nitrogen and oxygen atoms in total. The minimum absolute atomic E-state index is 0.287. The summed E-state index contributed by atoms with van der Waals surface area (Å²) in [6, 6.07) is 20.4. The van der Waals surface area contributed by atoms with E-state index in [4.69, 9.17) is 5.73 Å². The normalized spacial score (nSPS) is 9.73. The van der Waals surface area contributed by atoms with E-state index in [-0.39, 0.29) is 5.82 Å². The Morgan fingerprint density at radius 2 is 1.68 bits per heavy atom. The minimum Gasteiger partial charge on any atom is -0.399 e. The maximum atomic E-state index is 12.1. The van der Waals surface area contributed by atoms with E-state index in [0.717, 1.165) is 12.1 Å². The van der Waals surface area contributed by atoms with Gasteiger partial charge in [0.2, 0.25) is 0 Å². The van der Waals surface area contributed by atoms with Gasteiger partial charge in [-0.2, -0.15) is 0 Å². The van der Waals surface area contributed by atoms with Crippen LogP contribution in [0.3, 0.4) is 0 Å². The number of nitrogen functional groups attached to an aromatic ring is 1. The van der Waals surface area contributed by atoms with Crippen molar-refractivity contribution in [2.75, 3.05) is 5.73 Å². The number of benzene rings is 2. The molecule has 1 heterocycles. The number of rotatable bonds is 2. The lowest BCUT2D eigenvalue weighted by Crippen LogP contribution is -1.86. The van der Waals surface area contributed by atoms with Gasteiger partial charge in [-0.3, -0.25) is 4.98 Å². The molecule has 3 heteroatoms. The SMILES string of the molecule is CCc1ccc(-c2ccccc2)cn1.Nc1cccc(F)c1. The molecule has 0 atom stereocenters. The third-order valence-corrected chi connectivity index (χ3v) is 3.14. The van der Waals surface area contributed by atoms with Crippen LogP contribution in [0.2, 0.25) is 0 Å². The van der Waals surface area contributed by atoms with Crippen LogP contribution in [0.5, 0.6) is 0 Å². The smallest absolute Gasteiger partial charge is 0.125 e. The molecule has 0 spiro atoms. The maximum Gasteiger partial charge on any atom is 0.125 e. The van der Waals surface area contributed by atoms with Gasteiger partial charge in [-0.15, -0.1) is 0 Å². The van der Waals surface area contributed by atoms with Gasteiger partial charge in [0.15, 0.2) is 0 Å². The van der Waals surface area contributed by atoms with E-state index in [9.17, 15) is 4.39 Å². The van der Waals surface area contributed by atoms with Crippen molar-refractivity contribution < 1.29 is 4.39 Å². The molecule has 2 N–H and O–H groups in total. The van der Waals surface area contributed by atoms with E-state index >= 15 is 0 Å². The van der Waals surface area contributed by atoms with Gasteiger partial charge in [0, 0.05) is 23.1 Å². The molecule has 0 fully saturated rings. The van der Waals surface area contributed by atoms with Crippen LogP contribution in [0, 0.1) is 5.82 Å². The lowest BCUT2D eigenvalue weighted by atomic mass is 10.1. The first kappa shape index (κ1) is 15.7. The van der Waals surface area contributed by atoms with Crippen molar-refractivity contribution in [2.24, 2.45) is 0 Å². The van der Waals surface area contributed by atoms with E-state index in [1.54, 1.807) is 12.1 Å². The van der Waals surface area contributed by atoms with Crippen LogP contribution in [-0.4, -0.2) is 4.98 Å². The van der Waals surface area contributed by atoms with Gasteiger partial charge in [0.05, 0.1) is 0 Å². The van der Waals surface area contributed by atoms with Gasteiger partial charge in [-0.25, -0.2) is 4.39 Å². The number of nitrogens with two attached hydrogens (primary N) is 1. The Morgan fingerprint density at radius 1 is 0.909 bits per heavy atom. The molecule has 0 aliphatic heterocycles. The lowest BCUT2D eigenvalue weighted by molar-refractivity contribution is 0.628. The minimum atomic E-state index is -0.287. The number of nitrogens with zero attached hydrogens (tertiary/aromatic N) is 1. The Labute approximate surface area is 130 Å². The fourth-order valence-corrected chi connectivity index (χ4v) is 1.94. The molecular formula is C19H19FN2. The van der Waals surface area contributed by atoms with Crippen molar-refractivity contribution in [1.29, 1.82) is 0 Å². The maximum absolute atomic E-state index is 12.1. The quantitative estimate of drug-likeness (QED) is 0.695. The van der Waals surface area contributed by atoms with E-state index in [1.807, 2.05) is 24.4 Å². The molecule has 0 radical (unpaired) electrons. The largest absolute Gasteiger partial charge is 0.399 e. The molecule has 3 rings (SSSR count). The molecule has 0 bridgehead atoms. The van der Waals surface area contributed by atoms with E-state index in [2.05, 4.69) is 36.2 Å². The predicted octanol–water partition coefficient (Wildman–Crippen LogP) is 4.72. The zero-order valence-corrected chi connectivity index (χ0v) is 12.5. The number of hydrogen-bond acceptors (Lipinski definition) is 2. The fraction of sp³-hybridized carbons (Fsp3) is 0.105. The molecule has 2 aromatic carbocycles. The van der Waals surface area contributed by atoms with E-state index < -0.39 is 0 Å². The Hall–Kier alpha value is -2.68. The average Bonchev–Trinajstić information content (AvgIpc) is 2.56. The topological polar surface area (TPSA) is 38.9 Å². The first-order valence-corrected chi connectivity index (χ1v) is 7.20. The summed E-state index contributed by atoms with van der Waals surface area (Å²) in [7, 11) is 0. The highest BCUT2D eigenvalue weighted by molar-refractivity contribution is 5.62. The first-order valence-electron chi connectivity index (χ1n) is 7.20. The first-order chi connectivity index (χ1) is 10.7. The highest BCUT2D eigenvalue weighted by Gasteiger charge is 1.96. The number of halogens is 1. The van der Waals surface area contributed by atoms with Crippen LogP contribution in [0.15, 0.2) is 72.9 Å². The van der Waals surface area contributed by atoms with Crippen LogP contribution in [0.1, 0.15) is 12.6 Å². The van der Waals surface area contributed by atoms with Gasteiger partial charge >= 0.3 is 0 Å². The fourth-order valence-electron chi connectivity index (χ4n) is 1.94. The Morgan fingerprint density at radius 3 is 2.18 bits per heavy atom. The van der Waals surface area contributed by atoms with Crippen molar-refractivity contribution in [1.82, 2.24) is 4.98 Å². The summed E-state index contributed by atoms with van der Waals surface area (Å²) >= 11 is 0. The molecule has 0 amide bonds. The third-order valence-electron chi connectivity index (χ3n) is 3.14. The molecule has 3 aromatic rings. The zero-order chi connectivity index (χ0) is 15.8. The van der Waals surface area contributed by atoms with Gasteiger partial charge < -0.3 is 5.73 Å². The van der Waals surface area contributed by atoms with Gasteiger partial charge in [-0.05, 0) is 36.2 Å². The van der Waals surface area contributed by atoms with Crippen molar-refractivity contribution >= 4 is 5.69 Å². The molecule has 112 valence electrons. The third kappa shape index (κ3) is 4.70. The molecular weight excluding hydrogens is 275 g/mol. The predicted molar refractivity (Wildman–Crippen MR) is 89.9 cm³/mol. The van der Waals surface area contributed by atoms with Crippen molar-refractivity contribution in [3.63, 3.8) is 0 Å². The zero-order valence-electron chi connectivity index (χ0n) is 12.5. The van der Waals surface area contributed by atoms with Crippen LogP contribution in [0.25, 0.3) is 11.1 Å². The van der Waals surface area contributed by atoms with Gasteiger partial charge in [0.1, 0.15) is 5.82 Å². The number of pyridine rings is 1. The summed E-state index contributed by atoms with van der Waals surface area (Å²) in [5.74, 6) is -0.287. The Bertz CT molecular complexity index is 677. The van der Waals surface area contributed by atoms with Crippen LogP contribution < -0.4 is 5.73 Å². The Kier molecular flexibility index (Phi) is 5.66. The second kappa shape index (κ2) is 7.93. The number of aryl methyl sites for hydroxylation is 1.